The largest absolute Gasteiger partial charge is 0.342 e. The van der Waals surface area contributed by atoms with Crippen LogP contribution in [0.5, 0.6) is 0 Å². The van der Waals surface area contributed by atoms with Gasteiger partial charge in [-0.05, 0) is 54.9 Å². The van der Waals surface area contributed by atoms with Crippen LogP contribution in [0.25, 0.3) is 0 Å². The van der Waals surface area contributed by atoms with Crippen LogP contribution in [-0.2, 0) is 16.1 Å². The highest BCUT2D eigenvalue weighted by atomic mass is 16.2. The standard InChI is InChI=1S/C18H28N6O2/c25-16(3-1-10-24-14-19-20-21-24)22-9-2-7-18(12-22)8-6-17(26)23(13-18)11-15-4-5-15/h14-15H,1-13H2. The van der Waals surface area contributed by atoms with Crippen LogP contribution >= 0.6 is 0 Å². The number of tetrazole rings is 1. The van der Waals surface area contributed by atoms with Crippen molar-refractivity contribution in [3.63, 3.8) is 0 Å². The van der Waals surface area contributed by atoms with E-state index in [9.17, 15) is 9.59 Å². The number of rotatable bonds is 6. The average Bonchev–Trinajstić information content (AvgIpc) is 3.30. The van der Waals surface area contributed by atoms with Gasteiger partial charge in [0.25, 0.3) is 0 Å². The Morgan fingerprint density at radius 3 is 2.92 bits per heavy atom. The molecule has 0 aromatic carbocycles. The Labute approximate surface area is 153 Å². The summed E-state index contributed by atoms with van der Waals surface area (Å²) in [5, 5.41) is 11.1. The molecule has 1 aromatic heterocycles. The van der Waals surface area contributed by atoms with Crippen LogP contribution in [0.15, 0.2) is 6.33 Å². The highest BCUT2D eigenvalue weighted by Crippen LogP contribution is 2.40. The number of likely N-dealkylation sites (tertiary alicyclic amines) is 2. The number of carbonyl (C=O) groups excluding carboxylic acids is 2. The number of amides is 2. The van der Waals surface area contributed by atoms with Crippen molar-refractivity contribution in [2.75, 3.05) is 26.2 Å². The number of aromatic nitrogens is 4. The van der Waals surface area contributed by atoms with Gasteiger partial charge >= 0.3 is 0 Å². The first-order valence-corrected chi connectivity index (χ1v) is 9.90. The summed E-state index contributed by atoms with van der Waals surface area (Å²) in [4.78, 5) is 29.1. The van der Waals surface area contributed by atoms with Gasteiger partial charge in [0.1, 0.15) is 6.33 Å². The van der Waals surface area contributed by atoms with Gasteiger partial charge < -0.3 is 9.80 Å². The molecule has 3 fully saturated rings. The minimum Gasteiger partial charge on any atom is -0.342 e. The third kappa shape index (κ3) is 4.04. The molecule has 26 heavy (non-hydrogen) atoms. The molecule has 1 aromatic rings. The van der Waals surface area contributed by atoms with Gasteiger partial charge in [-0.3, -0.25) is 9.59 Å². The van der Waals surface area contributed by atoms with Gasteiger partial charge in [-0.25, -0.2) is 4.68 Å². The molecule has 1 spiro atoms. The fourth-order valence-electron chi connectivity index (χ4n) is 4.47. The van der Waals surface area contributed by atoms with E-state index >= 15 is 0 Å². The summed E-state index contributed by atoms with van der Waals surface area (Å²) < 4.78 is 1.66. The summed E-state index contributed by atoms with van der Waals surface area (Å²) in [5.74, 6) is 1.26. The summed E-state index contributed by atoms with van der Waals surface area (Å²) in [6.45, 7) is 4.10. The Morgan fingerprint density at radius 1 is 1.27 bits per heavy atom. The molecule has 1 saturated carbocycles. The molecule has 2 amide bonds. The lowest BCUT2D eigenvalue weighted by atomic mass is 9.73. The van der Waals surface area contributed by atoms with E-state index in [0.717, 1.165) is 57.8 Å². The van der Waals surface area contributed by atoms with E-state index in [1.807, 2.05) is 4.90 Å². The summed E-state index contributed by atoms with van der Waals surface area (Å²) in [7, 11) is 0. The molecule has 2 aliphatic heterocycles. The molecule has 1 unspecified atom stereocenters. The molecular formula is C18H28N6O2. The Kier molecular flexibility index (Phi) is 4.91. The second kappa shape index (κ2) is 7.32. The van der Waals surface area contributed by atoms with Crippen LogP contribution in [0.2, 0.25) is 0 Å². The predicted molar refractivity (Wildman–Crippen MR) is 93.8 cm³/mol. The lowest BCUT2D eigenvalue weighted by molar-refractivity contribution is -0.143. The average molecular weight is 360 g/mol. The Bertz CT molecular complexity index is 644. The number of piperidine rings is 2. The number of aryl methyl sites for hydroxylation is 1. The van der Waals surface area contributed by atoms with Crippen molar-refractivity contribution in [1.29, 1.82) is 0 Å². The van der Waals surface area contributed by atoms with Gasteiger partial charge in [0, 0.05) is 51.0 Å². The molecule has 8 heteroatoms. The molecular weight excluding hydrogens is 332 g/mol. The highest BCUT2D eigenvalue weighted by Gasteiger charge is 2.43. The monoisotopic (exact) mass is 360 g/mol. The van der Waals surface area contributed by atoms with Crippen LogP contribution in [0.3, 0.4) is 0 Å². The van der Waals surface area contributed by atoms with E-state index in [1.54, 1.807) is 11.0 Å². The minimum atomic E-state index is 0.118. The zero-order valence-corrected chi connectivity index (χ0v) is 15.3. The lowest BCUT2D eigenvalue weighted by Gasteiger charge is -2.48. The smallest absolute Gasteiger partial charge is 0.222 e. The van der Waals surface area contributed by atoms with E-state index in [1.165, 1.54) is 12.8 Å². The quantitative estimate of drug-likeness (QED) is 0.758. The van der Waals surface area contributed by atoms with Crippen LogP contribution in [0.4, 0.5) is 0 Å². The summed E-state index contributed by atoms with van der Waals surface area (Å²) in [6.07, 6.45) is 9.15. The molecule has 4 rings (SSSR count). The molecule has 3 aliphatic rings. The van der Waals surface area contributed by atoms with Gasteiger partial charge in [0.2, 0.25) is 11.8 Å². The first-order chi connectivity index (χ1) is 12.6. The summed E-state index contributed by atoms with van der Waals surface area (Å²) in [5.41, 5.74) is 0.118. The van der Waals surface area contributed by atoms with Crippen LogP contribution in [0.1, 0.15) is 51.4 Å². The van der Waals surface area contributed by atoms with E-state index < -0.39 is 0 Å². The first-order valence-electron chi connectivity index (χ1n) is 9.90. The topological polar surface area (TPSA) is 84.2 Å². The van der Waals surface area contributed by atoms with Crippen LogP contribution in [-0.4, -0.2) is 68.0 Å². The maximum Gasteiger partial charge on any atom is 0.222 e. The van der Waals surface area contributed by atoms with E-state index in [-0.39, 0.29) is 11.3 Å². The van der Waals surface area contributed by atoms with Crippen LogP contribution in [0, 0.1) is 11.3 Å². The fraction of sp³-hybridized carbons (Fsp3) is 0.833. The Hall–Kier alpha value is -1.99. The van der Waals surface area contributed by atoms with Crippen molar-refractivity contribution >= 4 is 11.8 Å². The van der Waals surface area contributed by atoms with Crippen molar-refractivity contribution in [1.82, 2.24) is 30.0 Å². The normalized spacial score (nSPS) is 26.5. The fourth-order valence-corrected chi connectivity index (χ4v) is 4.47. The molecule has 0 radical (unpaired) electrons. The SMILES string of the molecule is O=C(CCCn1cnnn1)N1CCCC2(CCC(=O)N(CC3CC3)C2)C1. The highest BCUT2D eigenvalue weighted by molar-refractivity contribution is 5.78. The van der Waals surface area contributed by atoms with Gasteiger partial charge in [0.05, 0.1) is 0 Å². The zero-order chi connectivity index (χ0) is 18.0. The molecule has 0 bridgehead atoms. The molecule has 0 N–H and O–H groups in total. The van der Waals surface area contributed by atoms with Crippen molar-refractivity contribution in [2.45, 2.75) is 57.9 Å². The Balaban J connectivity index is 1.31. The maximum absolute atomic E-state index is 12.7. The molecule has 3 heterocycles. The number of nitrogens with zero attached hydrogens (tertiary/aromatic N) is 6. The van der Waals surface area contributed by atoms with Crippen LogP contribution < -0.4 is 0 Å². The van der Waals surface area contributed by atoms with Gasteiger partial charge in [0.15, 0.2) is 0 Å². The maximum atomic E-state index is 12.7. The third-order valence-corrected chi connectivity index (χ3v) is 6.11. The lowest BCUT2D eigenvalue weighted by Crippen LogP contribution is -2.55. The second-order valence-electron chi connectivity index (χ2n) is 8.31. The van der Waals surface area contributed by atoms with E-state index in [2.05, 4.69) is 20.4 Å². The molecule has 142 valence electrons. The zero-order valence-electron chi connectivity index (χ0n) is 15.3. The minimum absolute atomic E-state index is 0.118. The molecule has 8 nitrogen and oxygen atoms in total. The summed E-state index contributed by atoms with van der Waals surface area (Å²) >= 11 is 0. The van der Waals surface area contributed by atoms with E-state index in [4.69, 9.17) is 0 Å². The summed E-state index contributed by atoms with van der Waals surface area (Å²) in [6, 6.07) is 0. The number of hydrogen-bond donors (Lipinski definition) is 0. The second-order valence-corrected chi connectivity index (χ2v) is 8.31. The molecule has 2 saturated heterocycles. The van der Waals surface area contributed by atoms with Crippen molar-refractivity contribution in [3.05, 3.63) is 6.33 Å². The van der Waals surface area contributed by atoms with Gasteiger partial charge in [-0.2, -0.15) is 0 Å². The Morgan fingerprint density at radius 2 is 2.15 bits per heavy atom. The number of carbonyl (C=O) groups is 2. The van der Waals surface area contributed by atoms with Gasteiger partial charge in [-0.1, -0.05) is 0 Å². The number of hydrogen-bond acceptors (Lipinski definition) is 5. The van der Waals surface area contributed by atoms with Crippen molar-refractivity contribution < 1.29 is 9.59 Å². The van der Waals surface area contributed by atoms with E-state index in [0.29, 0.717) is 25.3 Å². The first kappa shape index (κ1) is 17.4. The molecule has 1 atom stereocenters. The van der Waals surface area contributed by atoms with Crippen molar-refractivity contribution in [3.8, 4) is 0 Å². The third-order valence-electron chi connectivity index (χ3n) is 6.11. The molecule has 1 aliphatic carbocycles. The van der Waals surface area contributed by atoms with Crippen molar-refractivity contribution in [2.24, 2.45) is 11.3 Å². The predicted octanol–water partition coefficient (Wildman–Crippen LogP) is 1.09. The van der Waals surface area contributed by atoms with Gasteiger partial charge in [-0.15, -0.1) is 5.10 Å².